The molecule has 0 aliphatic carbocycles. The van der Waals surface area contributed by atoms with Gasteiger partial charge in [0.1, 0.15) is 11.6 Å². The molecule has 1 atom stereocenters. The minimum absolute atomic E-state index is 0.00576. The Morgan fingerprint density at radius 2 is 1.85 bits per heavy atom. The summed E-state index contributed by atoms with van der Waals surface area (Å²) in [6, 6.07) is 21.3. The number of carbonyl (C=O) groups excluding carboxylic acids is 1. The Hall–Kier alpha value is -3.15. The number of Topliss-reactive ketones (excluding diaryl/α,β-unsaturated/α-hetero) is 1. The van der Waals surface area contributed by atoms with Gasteiger partial charge in [-0.05, 0) is 68.5 Å². The summed E-state index contributed by atoms with van der Waals surface area (Å²) in [7, 11) is 0. The van der Waals surface area contributed by atoms with Crippen molar-refractivity contribution in [3.05, 3.63) is 82.9 Å². The lowest BCUT2D eigenvalue weighted by Crippen LogP contribution is -2.13. The van der Waals surface area contributed by atoms with Gasteiger partial charge in [0.05, 0.1) is 22.2 Å². The number of carbonyl (C=O) groups is 1. The number of aliphatic hydroxyl groups is 1. The molecule has 176 valence electrons. The van der Waals surface area contributed by atoms with Crippen molar-refractivity contribution in [1.82, 2.24) is 9.97 Å². The van der Waals surface area contributed by atoms with Crippen LogP contribution in [0.25, 0.3) is 22.4 Å². The van der Waals surface area contributed by atoms with Crippen molar-refractivity contribution < 1.29 is 14.6 Å². The molecule has 0 radical (unpaired) electrons. The molecule has 6 heteroatoms. The number of aromatic nitrogens is 2. The molecule has 0 aliphatic rings. The first-order valence-electron chi connectivity index (χ1n) is 11.6. The van der Waals surface area contributed by atoms with Gasteiger partial charge in [-0.25, -0.2) is 4.98 Å². The van der Waals surface area contributed by atoms with E-state index in [-0.39, 0.29) is 24.4 Å². The van der Waals surface area contributed by atoms with Gasteiger partial charge in [0.15, 0.2) is 5.78 Å². The lowest BCUT2D eigenvalue weighted by Gasteiger charge is -2.16. The van der Waals surface area contributed by atoms with E-state index in [1.54, 1.807) is 18.2 Å². The van der Waals surface area contributed by atoms with E-state index in [0.29, 0.717) is 35.6 Å². The van der Waals surface area contributed by atoms with Crippen molar-refractivity contribution in [3.8, 4) is 17.1 Å². The van der Waals surface area contributed by atoms with Crippen LogP contribution in [0.2, 0.25) is 5.02 Å². The summed E-state index contributed by atoms with van der Waals surface area (Å²) < 4.78 is 5.65. The average molecular weight is 477 g/mol. The van der Waals surface area contributed by atoms with E-state index in [9.17, 15) is 9.90 Å². The molecule has 5 nitrogen and oxygen atoms in total. The number of halogens is 1. The number of benzene rings is 3. The molecule has 0 fully saturated rings. The van der Waals surface area contributed by atoms with Crippen LogP contribution in [-0.2, 0) is 6.42 Å². The molecule has 0 saturated carbocycles. The number of fused-ring (bicyclic) bond motifs is 1. The molecule has 0 aliphatic heterocycles. The first-order chi connectivity index (χ1) is 16.4. The maximum Gasteiger partial charge on any atom is 0.163 e. The second kappa shape index (κ2) is 10.9. The van der Waals surface area contributed by atoms with Gasteiger partial charge in [-0.2, -0.15) is 0 Å². The Kier molecular flexibility index (Phi) is 7.66. The van der Waals surface area contributed by atoms with E-state index in [4.69, 9.17) is 16.3 Å². The number of nitrogens with one attached hydrogen (secondary N) is 1. The molecule has 4 rings (SSSR count). The van der Waals surface area contributed by atoms with Gasteiger partial charge < -0.3 is 14.8 Å². The van der Waals surface area contributed by atoms with Gasteiger partial charge in [-0.1, -0.05) is 48.0 Å². The molecule has 0 amide bonds. The first kappa shape index (κ1) is 24.0. The largest absolute Gasteiger partial charge is 0.489 e. The highest BCUT2D eigenvalue weighted by molar-refractivity contribution is 6.32. The van der Waals surface area contributed by atoms with Gasteiger partial charge in [-0.3, -0.25) is 4.79 Å². The van der Waals surface area contributed by atoms with E-state index >= 15 is 0 Å². The Labute approximate surface area is 204 Å². The van der Waals surface area contributed by atoms with Gasteiger partial charge in [0.25, 0.3) is 0 Å². The van der Waals surface area contributed by atoms with Crippen LogP contribution >= 0.6 is 11.6 Å². The molecule has 0 spiro atoms. The number of ether oxygens (including phenoxy) is 1. The number of hydrogen-bond acceptors (Lipinski definition) is 4. The summed E-state index contributed by atoms with van der Waals surface area (Å²) in [4.78, 5) is 20.9. The molecule has 2 N–H and O–H groups in total. The number of aromatic amines is 1. The number of H-pyrrole nitrogens is 1. The fraction of sp³-hybridized carbons (Fsp3) is 0.286. The van der Waals surface area contributed by atoms with E-state index < -0.39 is 0 Å². The van der Waals surface area contributed by atoms with Crippen LogP contribution < -0.4 is 4.74 Å². The summed E-state index contributed by atoms with van der Waals surface area (Å²) in [5.74, 6) is 1.44. The fourth-order valence-electron chi connectivity index (χ4n) is 4.08. The third-order valence-corrected chi connectivity index (χ3v) is 6.06. The molecule has 34 heavy (non-hydrogen) atoms. The van der Waals surface area contributed by atoms with Crippen LogP contribution in [0, 0.1) is 5.92 Å². The summed E-state index contributed by atoms with van der Waals surface area (Å²) >= 11 is 6.31. The molecule has 0 unspecified atom stereocenters. The Bertz CT molecular complexity index is 1230. The molecule has 1 aromatic heterocycles. The van der Waals surface area contributed by atoms with Gasteiger partial charge >= 0.3 is 0 Å². The Morgan fingerprint density at radius 3 is 2.53 bits per heavy atom. The van der Waals surface area contributed by atoms with Gasteiger partial charge in [-0.15, -0.1) is 0 Å². The molecule has 4 aromatic rings. The van der Waals surface area contributed by atoms with Crippen molar-refractivity contribution in [3.63, 3.8) is 0 Å². The zero-order valence-electron chi connectivity index (χ0n) is 19.4. The van der Waals surface area contributed by atoms with E-state index in [2.05, 4.69) is 22.1 Å². The van der Waals surface area contributed by atoms with Crippen LogP contribution in [0.15, 0.2) is 66.7 Å². The molecule has 0 saturated heterocycles. The van der Waals surface area contributed by atoms with Crippen molar-refractivity contribution in [1.29, 1.82) is 0 Å². The van der Waals surface area contributed by atoms with Crippen LogP contribution in [0.3, 0.4) is 0 Å². The van der Waals surface area contributed by atoms with Crippen LogP contribution in [0.4, 0.5) is 0 Å². The maximum atomic E-state index is 12.9. The first-order valence-corrected chi connectivity index (χ1v) is 11.9. The number of nitrogens with zero attached hydrogens (tertiary/aromatic N) is 1. The molecule has 0 bridgehead atoms. The van der Waals surface area contributed by atoms with Crippen LogP contribution in [0.5, 0.6) is 5.75 Å². The Balaban J connectivity index is 1.43. The second-order valence-electron chi connectivity index (χ2n) is 8.82. The third kappa shape index (κ3) is 5.85. The zero-order chi connectivity index (χ0) is 24.1. The normalized spacial score (nSPS) is 12.3. The van der Waals surface area contributed by atoms with Crippen molar-refractivity contribution in [2.75, 3.05) is 6.61 Å². The number of para-hydroxylation sites is 2. The van der Waals surface area contributed by atoms with Crippen LogP contribution in [-0.4, -0.2) is 33.6 Å². The van der Waals surface area contributed by atoms with Crippen molar-refractivity contribution in [2.24, 2.45) is 5.92 Å². The predicted octanol–water partition coefficient (Wildman–Crippen LogP) is 6.48. The van der Waals surface area contributed by atoms with E-state index in [1.165, 1.54) is 0 Å². The minimum atomic E-state index is 0.00576. The number of ketones is 1. The number of rotatable bonds is 10. The standard InChI is InChI=1S/C28H29ClN2O3/c1-18(2)34-27-12-11-22(17-23(27)29)26(33)16-20(13-14-32)15-19-7-9-21(10-8-19)28-30-24-5-3-4-6-25(24)31-28/h3-12,17-18,20,32H,13-16H2,1-2H3,(H,30,31)/t20-/m1/s1. The van der Waals surface area contributed by atoms with E-state index in [0.717, 1.165) is 28.0 Å². The number of hydrogen-bond donors (Lipinski definition) is 2. The summed E-state index contributed by atoms with van der Waals surface area (Å²) in [5.41, 5.74) is 4.63. The highest BCUT2D eigenvalue weighted by atomic mass is 35.5. The minimum Gasteiger partial charge on any atom is -0.489 e. The highest BCUT2D eigenvalue weighted by Crippen LogP contribution is 2.28. The van der Waals surface area contributed by atoms with Gasteiger partial charge in [0, 0.05) is 24.2 Å². The summed E-state index contributed by atoms with van der Waals surface area (Å²) in [6.07, 6.45) is 1.60. The topological polar surface area (TPSA) is 75.2 Å². The number of imidazole rings is 1. The molecular weight excluding hydrogens is 448 g/mol. The predicted molar refractivity (Wildman–Crippen MR) is 137 cm³/mol. The smallest absolute Gasteiger partial charge is 0.163 e. The quantitative estimate of drug-likeness (QED) is 0.257. The zero-order valence-corrected chi connectivity index (χ0v) is 20.2. The van der Waals surface area contributed by atoms with Crippen molar-refractivity contribution in [2.45, 2.75) is 39.2 Å². The summed E-state index contributed by atoms with van der Waals surface area (Å²) in [6.45, 7) is 3.90. The second-order valence-corrected chi connectivity index (χ2v) is 9.23. The Morgan fingerprint density at radius 1 is 1.09 bits per heavy atom. The third-order valence-electron chi connectivity index (χ3n) is 5.77. The van der Waals surface area contributed by atoms with Crippen molar-refractivity contribution >= 4 is 28.4 Å². The molecular formula is C28H29ClN2O3. The lowest BCUT2D eigenvalue weighted by molar-refractivity contribution is 0.0953. The van der Waals surface area contributed by atoms with E-state index in [1.807, 2.05) is 50.2 Å². The fourth-order valence-corrected chi connectivity index (χ4v) is 4.31. The van der Waals surface area contributed by atoms with Gasteiger partial charge in [0.2, 0.25) is 0 Å². The molecule has 3 aromatic carbocycles. The maximum absolute atomic E-state index is 12.9. The lowest BCUT2D eigenvalue weighted by atomic mass is 9.89. The summed E-state index contributed by atoms with van der Waals surface area (Å²) in [5, 5.41) is 9.99. The SMILES string of the molecule is CC(C)Oc1ccc(C(=O)C[C@H](CCO)Cc2ccc(-c3nc4ccccc4[nH]3)cc2)cc1Cl. The average Bonchev–Trinajstić information content (AvgIpc) is 3.25. The number of aliphatic hydroxyl groups excluding tert-OH is 1. The highest BCUT2D eigenvalue weighted by Gasteiger charge is 2.18. The van der Waals surface area contributed by atoms with Crippen LogP contribution in [0.1, 0.15) is 42.6 Å². The molecule has 1 heterocycles. The monoisotopic (exact) mass is 476 g/mol.